The third kappa shape index (κ3) is 4.80. The topological polar surface area (TPSA) is 98.4 Å². The minimum atomic E-state index is 0.0316. The number of hydrogen-bond donors (Lipinski definition) is 1. The summed E-state index contributed by atoms with van der Waals surface area (Å²) >= 11 is 0. The van der Waals surface area contributed by atoms with Crippen molar-refractivity contribution in [2.45, 2.75) is 19.3 Å². The van der Waals surface area contributed by atoms with Crippen LogP contribution in [0.25, 0.3) is 11.6 Å². The first kappa shape index (κ1) is 17.9. The van der Waals surface area contributed by atoms with Crippen LogP contribution in [0.5, 0.6) is 0 Å². The minimum absolute atomic E-state index is 0.0316. The molecule has 2 N–H and O–H groups in total. The standard InChI is InChI=1S/C19H22N4O3/c20-11-13-23(12-10-15-5-2-1-3-6-15)18(24)9-8-17-21-19(22-26-17)16-7-4-14-25-16/h1-7,14H,8-13,20H2. The summed E-state index contributed by atoms with van der Waals surface area (Å²) in [4.78, 5) is 18.6. The van der Waals surface area contributed by atoms with E-state index in [-0.39, 0.29) is 5.91 Å². The molecule has 0 saturated carbocycles. The molecule has 0 aliphatic rings. The van der Waals surface area contributed by atoms with E-state index >= 15 is 0 Å². The van der Waals surface area contributed by atoms with Crippen molar-refractivity contribution in [3.8, 4) is 11.6 Å². The van der Waals surface area contributed by atoms with Gasteiger partial charge in [-0.25, -0.2) is 0 Å². The van der Waals surface area contributed by atoms with E-state index in [1.165, 1.54) is 5.56 Å². The van der Waals surface area contributed by atoms with Crippen LogP contribution in [-0.4, -0.2) is 40.6 Å². The van der Waals surface area contributed by atoms with Crippen molar-refractivity contribution in [1.29, 1.82) is 0 Å². The van der Waals surface area contributed by atoms with Gasteiger partial charge in [0.2, 0.25) is 17.6 Å². The summed E-state index contributed by atoms with van der Waals surface area (Å²) in [6, 6.07) is 13.6. The van der Waals surface area contributed by atoms with Crippen LogP contribution in [-0.2, 0) is 17.6 Å². The summed E-state index contributed by atoms with van der Waals surface area (Å²) in [6.45, 7) is 1.61. The normalized spacial score (nSPS) is 10.8. The first-order chi connectivity index (χ1) is 12.8. The van der Waals surface area contributed by atoms with Crippen LogP contribution in [0.3, 0.4) is 0 Å². The van der Waals surface area contributed by atoms with Gasteiger partial charge in [0.05, 0.1) is 6.26 Å². The summed E-state index contributed by atoms with van der Waals surface area (Å²) in [7, 11) is 0. The Balaban J connectivity index is 1.52. The molecule has 26 heavy (non-hydrogen) atoms. The zero-order valence-corrected chi connectivity index (χ0v) is 14.5. The highest BCUT2D eigenvalue weighted by Gasteiger charge is 2.16. The lowest BCUT2D eigenvalue weighted by atomic mass is 10.1. The van der Waals surface area contributed by atoms with E-state index in [1.54, 1.807) is 23.3 Å². The third-order valence-corrected chi connectivity index (χ3v) is 4.03. The van der Waals surface area contributed by atoms with Gasteiger partial charge < -0.3 is 19.6 Å². The molecule has 0 saturated heterocycles. The number of furan rings is 1. The quantitative estimate of drug-likeness (QED) is 0.633. The van der Waals surface area contributed by atoms with Crippen LogP contribution in [0.1, 0.15) is 17.9 Å². The Morgan fingerprint density at radius 1 is 1.08 bits per heavy atom. The van der Waals surface area contributed by atoms with Crippen LogP contribution in [0.2, 0.25) is 0 Å². The van der Waals surface area contributed by atoms with Crippen LogP contribution in [0, 0.1) is 0 Å². The highest BCUT2D eigenvalue weighted by Crippen LogP contribution is 2.16. The number of nitrogens with two attached hydrogens (primary N) is 1. The average molecular weight is 354 g/mol. The lowest BCUT2D eigenvalue weighted by Crippen LogP contribution is -2.37. The maximum Gasteiger partial charge on any atom is 0.238 e. The van der Waals surface area contributed by atoms with E-state index < -0.39 is 0 Å². The lowest BCUT2D eigenvalue weighted by molar-refractivity contribution is -0.131. The second-order valence-corrected chi connectivity index (χ2v) is 5.89. The second-order valence-electron chi connectivity index (χ2n) is 5.89. The molecular weight excluding hydrogens is 332 g/mol. The predicted molar refractivity (Wildman–Crippen MR) is 96.1 cm³/mol. The van der Waals surface area contributed by atoms with E-state index in [1.807, 2.05) is 18.2 Å². The summed E-state index contributed by atoms with van der Waals surface area (Å²) in [6.07, 6.45) is 3.04. The Kier molecular flexibility index (Phi) is 6.16. The molecule has 1 amide bonds. The fourth-order valence-corrected chi connectivity index (χ4v) is 2.66. The van der Waals surface area contributed by atoms with Gasteiger partial charge in [-0.15, -0.1) is 0 Å². The van der Waals surface area contributed by atoms with Crippen molar-refractivity contribution < 1.29 is 13.7 Å². The molecule has 0 aliphatic heterocycles. The van der Waals surface area contributed by atoms with E-state index in [9.17, 15) is 4.79 Å². The van der Waals surface area contributed by atoms with Gasteiger partial charge in [-0.2, -0.15) is 4.98 Å². The van der Waals surface area contributed by atoms with Crippen molar-refractivity contribution in [1.82, 2.24) is 15.0 Å². The molecule has 136 valence electrons. The number of carbonyl (C=O) groups is 1. The predicted octanol–water partition coefficient (Wildman–Crippen LogP) is 2.29. The fourth-order valence-electron chi connectivity index (χ4n) is 2.66. The van der Waals surface area contributed by atoms with E-state index in [4.69, 9.17) is 14.7 Å². The number of nitrogens with zero attached hydrogens (tertiary/aromatic N) is 3. The molecule has 2 aromatic heterocycles. The monoisotopic (exact) mass is 354 g/mol. The first-order valence-electron chi connectivity index (χ1n) is 8.64. The van der Waals surface area contributed by atoms with Gasteiger partial charge in [-0.3, -0.25) is 4.79 Å². The van der Waals surface area contributed by atoms with Crippen molar-refractivity contribution in [2.75, 3.05) is 19.6 Å². The maximum atomic E-state index is 12.5. The van der Waals surface area contributed by atoms with Crippen LogP contribution < -0.4 is 5.73 Å². The van der Waals surface area contributed by atoms with Gasteiger partial charge in [0.1, 0.15) is 0 Å². The van der Waals surface area contributed by atoms with Gasteiger partial charge in [0.25, 0.3) is 0 Å². The van der Waals surface area contributed by atoms with E-state index in [0.717, 1.165) is 6.42 Å². The number of amides is 1. The average Bonchev–Trinajstić information content (AvgIpc) is 3.35. The van der Waals surface area contributed by atoms with Gasteiger partial charge in [-0.05, 0) is 24.1 Å². The van der Waals surface area contributed by atoms with E-state index in [2.05, 4.69) is 22.3 Å². The first-order valence-corrected chi connectivity index (χ1v) is 8.64. The summed E-state index contributed by atoms with van der Waals surface area (Å²) in [5.74, 6) is 1.38. The number of aromatic nitrogens is 2. The molecule has 3 aromatic rings. The van der Waals surface area contributed by atoms with Gasteiger partial charge in [0, 0.05) is 32.5 Å². The maximum absolute atomic E-state index is 12.5. The van der Waals surface area contributed by atoms with Gasteiger partial charge in [-0.1, -0.05) is 35.5 Å². The molecule has 0 bridgehead atoms. The Hall–Kier alpha value is -2.93. The van der Waals surface area contributed by atoms with Crippen LogP contribution >= 0.6 is 0 Å². The molecule has 3 rings (SSSR count). The number of hydrogen-bond acceptors (Lipinski definition) is 6. The van der Waals surface area contributed by atoms with Crippen molar-refractivity contribution in [2.24, 2.45) is 5.73 Å². The smallest absolute Gasteiger partial charge is 0.238 e. The molecule has 0 fully saturated rings. The zero-order chi connectivity index (χ0) is 18.2. The van der Waals surface area contributed by atoms with Gasteiger partial charge >= 0.3 is 0 Å². The second kappa shape index (κ2) is 8.96. The molecular formula is C19H22N4O3. The molecule has 0 atom stereocenters. The van der Waals surface area contributed by atoms with Crippen molar-refractivity contribution >= 4 is 5.91 Å². The molecule has 0 aliphatic carbocycles. The Labute approximate surface area is 151 Å². The molecule has 7 nitrogen and oxygen atoms in total. The Morgan fingerprint density at radius 2 is 1.92 bits per heavy atom. The largest absolute Gasteiger partial charge is 0.461 e. The molecule has 0 unspecified atom stereocenters. The fraction of sp³-hybridized carbons (Fsp3) is 0.316. The van der Waals surface area contributed by atoms with Crippen LogP contribution in [0.15, 0.2) is 57.7 Å². The SMILES string of the molecule is NCCN(CCc1ccccc1)C(=O)CCc1nc(-c2ccco2)no1. The Bertz CT molecular complexity index is 799. The number of aryl methyl sites for hydroxylation is 1. The molecule has 0 radical (unpaired) electrons. The molecule has 1 aromatic carbocycles. The number of carbonyl (C=O) groups excluding carboxylic acids is 1. The summed E-state index contributed by atoms with van der Waals surface area (Å²) in [5, 5.41) is 3.87. The van der Waals surface area contributed by atoms with Gasteiger partial charge in [0.15, 0.2) is 5.76 Å². The molecule has 7 heteroatoms. The van der Waals surface area contributed by atoms with Crippen molar-refractivity contribution in [3.63, 3.8) is 0 Å². The highest BCUT2D eigenvalue weighted by molar-refractivity contribution is 5.76. The minimum Gasteiger partial charge on any atom is -0.461 e. The van der Waals surface area contributed by atoms with Crippen LogP contribution in [0.4, 0.5) is 0 Å². The zero-order valence-electron chi connectivity index (χ0n) is 14.5. The number of rotatable bonds is 9. The molecule has 0 spiro atoms. The highest BCUT2D eigenvalue weighted by atomic mass is 16.5. The third-order valence-electron chi connectivity index (χ3n) is 4.03. The summed E-state index contributed by atoms with van der Waals surface area (Å²) in [5.41, 5.74) is 6.85. The number of benzene rings is 1. The molecule has 2 heterocycles. The lowest BCUT2D eigenvalue weighted by Gasteiger charge is -2.22. The van der Waals surface area contributed by atoms with Crippen molar-refractivity contribution in [3.05, 3.63) is 60.2 Å². The van der Waals surface area contributed by atoms with E-state index in [0.29, 0.717) is 50.0 Å². The summed E-state index contributed by atoms with van der Waals surface area (Å²) < 4.78 is 10.4. The Morgan fingerprint density at radius 3 is 2.65 bits per heavy atom.